The number of nitrogens with two attached hydrogens (primary N) is 1. The van der Waals surface area contributed by atoms with E-state index in [2.05, 4.69) is 38.8 Å². The third-order valence-corrected chi connectivity index (χ3v) is 4.31. The Morgan fingerprint density at radius 3 is 2.29 bits per heavy atom. The first-order valence-electron chi connectivity index (χ1n) is 6.65. The van der Waals surface area contributed by atoms with Gasteiger partial charge in [0.15, 0.2) is 0 Å². The molecular formula is C16H16Br2FNO. The molecule has 0 radical (unpaired) electrons. The Morgan fingerprint density at radius 2 is 1.71 bits per heavy atom. The van der Waals surface area contributed by atoms with E-state index in [1.165, 1.54) is 6.07 Å². The third-order valence-electron chi connectivity index (χ3n) is 3.08. The summed E-state index contributed by atoms with van der Waals surface area (Å²) in [4.78, 5) is 0. The smallest absolute Gasteiger partial charge is 0.137 e. The molecule has 0 aliphatic heterocycles. The standard InChI is InChI=1S/C16H16Br2FNO/c1-2-7-21-15-6-4-11(9-13(15)18)16(20)10-3-5-14(19)12(17)8-10/h3-6,8-9,16H,2,7,20H2,1H3. The molecule has 0 bridgehead atoms. The van der Waals surface area contributed by atoms with Crippen molar-refractivity contribution in [1.29, 1.82) is 0 Å². The van der Waals surface area contributed by atoms with E-state index < -0.39 is 0 Å². The second-order valence-electron chi connectivity index (χ2n) is 4.69. The van der Waals surface area contributed by atoms with E-state index in [4.69, 9.17) is 10.5 Å². The van der Waals surface area contributed by atoms with Crippen molar-refractivity contribution in [2.45, 2.75) is 19.4 Å². The molecule has 5 heteroatoms. The van der Waals surface area contributed by atoms with Crippen molar-refractivity contribution in [2.75, 3.05) is 6.61 Å². The van der Waals surface area contributed by atoms with Crippen molar-refractivity contribution in [3.05, 3.63) is 62.3 Å². The van der Waals surface area contributed by atoms with Crippen LogP contribution in [0.5, 0.6) is 5.75 Å². The highest BCUT2D eigenvalue weighted by Gasteiger charge is 2.13. The molecule has 0 aliphatic carbocycles. The van der Waals surface area contributed by atoms with Gasteiger partial charge in [-0.1, -0.05) is 19.1 Å². The van der Waals surface area contributed by atoms with Gasteiger partial charge < -0.3 is 10.5 Å². The Labute approximate surface area is 140 Å². The molecule has 0 saturated heterocycles. The second-order valence-corrected chi connectivity index (χ2v) is 6.40. The molecule has 0 saturated carbocycles. The van der Waals surface area contributed by atoms with E-state index in [1.807, 2.05) is 18.2 Å². The summed E-state index contributed by atoms with van der Waals surface area (Å²) in [5.41, 5.74) is 8.03. The van der Waals surface area contributed by atoms with Crippen LogP contribution in [0.25, 0.3) is 0 Å². The molecular weight excluding hydrogens is 401 g/mol. The summed E-state index contributed by atoms with van der Waals surface area (Å²) in [7, 11) is 0. The van der Waals surface area contributed by atoms with Gasteiger partial charge in [0.05, 0.1) is 21.6 Å². The molecule has 0 aliphatic rings. The Hall–Kier alpha value is -0.910. The van der Waals surface area contributed by atoms with Gasteiger partial charge in [0.2, 0.25) is 0 Å². The first kappa shape index (κ1) is 16.5. The zero-order valence-electron chi connectivity index (χ0n) is 11.6. The quantitative estimate of drug-likeness (QED) is 0.727. The molecule has 0 spiro atoms. The molecule has 0 aromatic heterocycles. The zero-order valence-corrected chi connectivity index (χ0v) is 14.7. The molecule has 1 atom stereocenters. The van der Waals surface area contributed by atoms with Crippen molar-refractivity contribution in [1.82, 2.24) is 0 Å². The summed E-state index contributed by atoms with van der Waals surface area (Å²) in [6.07, 6.45) is 0.956. The average Bonchev–Trinajstić information content (AvgIpc) is 2.48. The summed E-state index contributed by atoms with van der Waals surface area (Å²) < 4.78 is 20.2. The van der Waals surface area contributed by atoms with Crippen LogP contribution >= 0.6 is 31.9 Å². The third kappa shape index (κ3) is 4.05. The van der Waals surface area contributed by atoms with E-state index in [-0.39, 0.29) is 11.9 Å². The van der Waals surface area contributed by atoms with Crippen molar-refractivity contribution in [3.8, 4) is 5.75 Å². The fourth-order valence-electron chi connectivity index (χ4n) is 1.94. The van der Waals surface area contributed by atoms with Crippen LogP contribution in [-0.4, -0.2) is 6.61 Å². The largest absolute Gasteiger partial charge is 0.492 e. The van der Waals surface area contributed by atoms with E-state index in [1.54, 1.807) is 12.1 Å². The molecule has 1 unspecified atom stereocenters. The summed E-state index contributed by atoms with van der Waals surface area (Å²) in [6.45, 7) is 2.74. The lowest BCUT2D eigenvalue weighted by atomic mass is 9.99. The van der Waals surface area contributed by atoms with Crippen LogP contribution in [0.2, 0.25) is 0 Å². The lowest BCUT2D eigenvalue weighted by Crippen LogP contribution is -2.12. The summed E-state index contributed by atoms with van der Waals surface area (Å²) in [6, 6.07) is 10.2. The minimum atomic E-state index is -0.321. The molecule has 2 N–H and O–H groups in total. The highest BCUT2D eigenvalue weighted by molar-refractivity contribution is 9.10. The molecule has 2 rings (SSSR count). The Morgan fingerprint density at radius 1 is 1.10 bits per heavy atom. The first-order valence-corrected chi connectivity index (χ1v) is 8.24. The zero-order chi connectivity index (χ0) is 15.4. The summed E-state index contributed by atoms with van der Waals surface area (Å²) >= 11 is 6.68. The molecule has 0 fully saturated rings. The molecule has 2 nitrogen and oxygen atoms in total. The first-order chi connectivity index (χ1) is 10.0. The topological polar surface area (TPSA) is 35.2 Å². The highest BCUT2D eigenvalue weighted by Crippen LogP contribution is 2.31. The number of hydrogen-bond donors (Lipinski definition) is 1. The predicted molar refractivity (Wildman–Crippen MR) is 90.1 cm³/mol. The molecule has 112 valence electrons. The number of hydrogen-bond acceptors (Lipinski definition) is 2. The van der Waals surface area contributed by atoms with Gasteiger partial charge >= 0.3 is 0 Å². The van der Waals surface area contributed by atoms with Crippen LogP contribution in [0.1, 0.15) is 30.5 Å². The van der Waals surface area contributed by atoms with E-state index in [0.717, 1.165) is 27.8 Å². The van der Waals surface area contributed by atoms with Crippen LogP contribution in [0.3, 0.4) is 0 Å². The van der Waals surface area contributed by atoms with Crippen LogP contribution < -0.4 is 10.5 Å². The lowest BCUT2D eigenvalue weighted by molar-refractivity contribution is 0.315. The molecule has 21 heavy (non-hydrogen) atoms. The molecule has 0 amide bonds. The van der Waals surface area contributed by atoms with Gasteiger partial charge in [-0.05, 0) is 73.7 Å². The molecule has 2 aromatic rings. The fourth-order valence-corrected chi connectivity index (χ4v) is 2.85. The molecule has 0 heterocycles. The van der Waals surface area contributed by atoms with Crippen LogP contribution in [0.15, 0.2) is 45.3 Å². The van der Waals surface area contributed by atoms with Crippen molar-refractivity contribution in [3.63, 3.8) is 0 Å². The second kappa shape index (κ2) is 7.38. The highest BCUT2D eigenvalue weighted by atomic mass is 79.9. The van der Waals surface area contributed by atoms with Crippen LogP contribution in [0.4, 0.5) is 4.39 Å². The summed E-state index contributed by atoms with van der Waals surface area (Å²) in [5, 5.41) is 0. The minimum absolute atomic E-state index is 0.296. The van der Waals surface area contributed by atoms with Crippen molar-refractivity contribution < 1.29 is 9.13 Å². The van der Waals surface area contributed by atoms with E-state index >= 15 is 0 Å². The number of benzene rings is 2. The van der Waals surface area contributed by atoms with E-state index in [9.17, 15) is 4.39 Å². The maximum absolute atomic E-state index is 13.3. The van der Waals surface area contributed by atoms with Crippen LogP contribution in [0, 0.1) is 5.82 Å². The normalized spacial score (nSPS) is 12.2. The molecule has 2 aromatic carbocycles. The van der Waals surface area contributed by atoms with Gasteiger partial charge in [-0.3, -0.25) is 0 Å². The Kier molecular flexibility index (Phi) is 5.79. The SMILES string of the molecule is CCCOc1ccc(C(N)c2ccc(F)c(Br)c2)cc1Br. The fraction of sp³-hybridized carbons (Fsp3) is 0.250. The van der Waals surface area contributed by atoms with Gasteiger partial charge in [0, 0.05) is 0 Å². The lowest BCUT2D eigenvalue weighted by Gasteiger charge is -2.15. The maximum atomic E-state index is 13.3. The van der Waals surface area contributed by atoms with Gasteiger partial charge in [0.25, 0.3) is 0 Å². The number of ether oxygens (including phenoxy) is 1. The number of rotatable bonds is 5. The predicted octanol–water partition coefficient (Wildman–Crippen LogP) is 5.19. The Bertz CT molecular complexity index is 634. The van der Waals surface area contributed by atoms with Gasteiger partial charge in [0.1, 0.15) is 11.6 Å². The van der Waals surface area contributed by atoms with Gasteiger partial charge in [-0.2, -0.15) is 0 Å². The average molecular weight is 417 g/mol. The van der Waals surface area contributed by atoms with Crippen molar-refractivity contribution >= 4 is 31.9 Å². The van der Waals surface area contributed by atoms with Crippen LogP contribution in [-0.2, 0) is 0 Å². The van der Waals surface area contributed by atoms with Crippen molar-refractivity contribution in [2.24, 2.45) is 5.73 Å². The maximum Gasteiger partial charge on any atom is 0.137 e. The van der Waals surface area contributed by atoms with Gasteiger partial charge in [-0.25, -0.2) is 4.39 Å². The monoisotopic (exact) mass is 415 g/mol. The number of halogens is 3. The Balaban J connectivity index is 2.24. The minimum Gasteiger partial charge on any atom is -0.492 e. The summed E-state index contributed by atoms with van der Waals surface area (Å²) in [5.74, 6) is 0.503. The van der Waals surface area contributed by atoms with E-state index in [0.29, 0.717) is 11.1 Å². The van der Waals surface area contributed by atoms with Gasteiger partial charge in [-0.15, -0.1) is 0 Å².